The van der Waals surface area contributed by atoms with Gasteiger partial charge in [0.15, 0.2) is 0 Å². The number of unbranched alkanes of at least 4 members (excludes halogenated alkanes) is 27. The van der Waals surface area contributed by atoms with Crippen LogP contribution in [-0.2, 0) is 14.3 Å². The Balaban J connectivity index is 3.56. The van der Waals surface area contributed by atoms with Crippen molar-refractivity contribution >= 4 is 11.9 Å². The van der Waals surface area contributed by atoms with Crippen molar-refractivity contribution in [2.24, 2.45) is 0 Å². The Kier molecular flexibility index (Phi) is 44.7. The minimum atomic E-state index is -0.862. The van der Waals surface area contributed by atoms with Crippen molar-refractivity contribution in [3.05, 3.63) is 48.6 Å². The Morgan fingerprint density at radius 2 is 0.877 bits per heavy atom. The number of carbonyl (C=O) groups is 2. The van der Waals surface area contributed by atoms with Crippen LogP contribution in [0.3, 0.4) is 0 Å². The number of aliphatic hydroxyl groups excluding tert-OH is 2. The molecule has 332 valence electrons. The second-order valence-corrected chi connectivity index (χ2v) is 16.4. The summed E-state index contributed by atoms with van der Waals surface area (Å²) in [5.41, 5.74) is 0. The molecule has 0 radical (unpaired) electrons. The van der Waals surface area contributed by atoms with E-state index in [0.29, 0.717) is 19.4 Å². The monoisotopic (exact) mass is 800 g/mol. The lowest BCUT2D eigenvalue weighted by molar-refractivity contribution is -0.143. The fraction of sp³-hybridized carbons (Fsp3) is 0.804. The van der Waals surface area contributed by atoms with Gasteiger partial charge in [-0.05, 0) is 89.9 Å². The van der Waals surface area contributed by atoms with E-state index < -0.39 is 12.1 Å². The van der Waals surface area contributed by atoms with Crippen LogP contribution in [0.4, 0.5) is 0 Å². The topological polar surface area (TPSA) is 95.9 Å². The first kappa shape index (κ1) is 54.8. The summed E-state index contributed by atoms with van der Waals surface area (Å²) in [7, 11) is 0. The molecule has 0 bridgehead atoms. The van der Waals surface area contributed by atoms with E-state index >= 15 is 0 Å². The highest BCUT2D eigenvalue weighted by molar-refractivity contribution is 5.76. The van der Waals surface area contributed by atoms with Crippen molar-refractivity contribution < 1.29 is 24.5 Å². The first-order valence-corrected chi connectivity index (χ1v) is 24.4. The molecule has 0 saturated carbocycles. The molecule has 1 amide bonds. The Morgan fingerprint density at radius 1 is 0.491 bits per heavy atom. The fourth-order valence-corrected chi connectivity index (χ4v) is 7.01. The maximum absolute atomic E-state index is 12.4. The summed E-state index contributed by atoms with van der Waals surface area (Å²) in [5, 5.41) is 22.9. The van der Waals surface area contributed by atoms with Gasteiger partial charge in [-0.2, -0.15) is 0 Å². The first-order chi connectivity index (χ1) is 28.0. The van der Waals surface area contributed by atoms with Crippen molar-refractivity contribution in [2.45, 2.75) is 251 Å². The largest absolute Gasteiger partial charge is 0.466 e. The van der Waals surface area contributed by atoms with E-state index in [4.69, 9.17) is 4.74 Å². The minimum absolute atomic E-state index is 0.0421. The van der Waals surface area contributed by atoms with Gasteiger partial charge in [-0.25, -0.2) is 0 Å². The Hall–Kier alpha value is -2.18. The highest BCUT2D eigenvalue weighted by Gasteiger charge is 2.18. The molecular weight excluding hydrogens is 707 g/mol. The van der Waals surface area contributed by atoms with Crippen molar-refractivity contribution in [1.29, 1.82) is 0 Å². The van der Waals surface area contributed by atoms with E-state index in [1.807, 2.05) is 6.08 Å². The van der Waals surface area contributed by atoms with Crippen LogP contribution in [0, 0.1) is 0 Å². The van der Waals surface area contributed by atoms with Gasteiger partial charge < -0.3 is 20.3 Å². The van der Waals surface area contributed by atoms with Crippen LogP contribution in [0.25, 0.3) is 0 Å². The summed E-state index contributed by atoms with van der Waals surface area (Å²) in [5.74, 6) is -0.142. The van der Waals surface area contributed by atoms with Gasteiger partial charge in [-0.3, -0.25) is 9.59 Å². The van der Waals surface area contributed by atoms with E-state index in [2.05, 4.69) is 55.6 Å². The van der Waals surface area contributed by atoms with E-state index in [0.717, 1.165) is 89.9 Å². The number of ether oxygens (including phenoxy) is 1. The SMILES string of the molecule is CCCCC/C=C\C/C=C\CCCCCCCCCC(=O)OCCCC/C=C\CCCCCCCC(=O)NC(CO)C(O)/C=C/CCCCCCCCCCCC. The number of aliphatic hydroxyl groups is 2. The molecular formula is C51H93NO5. The third-order valence-electron chi connectivity index (χ3n) is 10.8. The summed E-state index contributed by atoms with van der Waals surface area (Å²) in [6.45, 7) is 4.77. The van der Waals surface area contributed by atoms with Gasteiger partial charge in [0.05, 0.1) is 25.4 Å². The van der Waals surface area contributed by atoms with Crippen LogP contribution in [0.1, 0.15) is 239 Å². The van der Waals surface area contributed by atoms with Crippen LogP contribution < -0.4 is 5.32 Å². The lowest BCUT2D eigenvalue weighted by Crippen LogP contribution is -2.45. The molecule has 0 aromatic carbocycles. The standard InChI is InChI=1S/C51H93NO5/c1-3-5-7-9-11-13-15-17-18-19-20-21-25-29-33-37-41-45-51(56)57-46-42-38-34-30-26-22-24-28-32-36-40-44-50(55)52-48(47-53)49(54)43-39-35-31-27-23-16-14-12-10-8-6-4-2/h11,13,17-18,26,30,39,43,48-49,53-54H,3-10,12,14-16,19-25,27-29,31-38,40-42,44-47H2,1-2H3,(H,52,55)/b13-11-,18-17-,30-26-,43-39+. The normalized spacial score (nSPS) is 13.1. The zero-order valence-corrected chi connectivity index (χ0v) is 37.6. The predicted molar refractivity (Wildman–Crippen MR) is 245 cm³/mol. The first-order valence-electron chi connectivity index (χ1n) is 24.4. The number of allylic oxidation sites excluding steroid dienone is 7. The maximum atomic E-state index is 12.4. The highest BCUT2D eigenvalue weighted by atomic mass is 16.5. The number of hydrogen-bond acceptors (Lipinski definition) is 5. The summed E-state index contributed by atoms with van der Waals surface area (Å²) in [6, 6.07) is -0.649. The molecule has 0 aromatic rings. The zero-order valence-electron chi connectivity index (χ0n) is 37.6. The fourth-order valence-electron chi connectivity index (χ4n) is 7.01. The lowest BCUT2D eigenvalue weighted by Gasteiger charge is -2.20. The molecule has 0 aliphatic heterocycles. The second kappa shape index (κ2) is 46.5. The van der Waals surface area contributed by atoms with E-state index in [9.17, 15) is 19.8 Å². The van der Waals surface area contributed by atoms with Gasteiger partial charge in [0.2, 0.25) is 5.91 Å². The summed E-state index contributed by atoms with van der Waals surface area (Å²) in [4.78, 5) is 24.4. The van der Waals surface area contributed by atoms with Crippen LogP contribution in [0.5, 0.6) is 0 Å². The van der Waals surface area contributed by atoms with E-state index in [-0.39, 0.29) is 18.5 Å². The third-order valence-corrected chi connectivity index (χ3v) is 10.8. The molecule has 0 heterocycles. The minimum Gasteiger partial charge on any atom is -0.466 e. The lowest BCUT2D eigenvalue weighted by atomic mass is 10.1. The summed E-state index contributed by atoms with van der Waals surface area (Å²) >= 11 is 0. The van der Waals surface area contributed by atoms with Gasteiger partial charge in [0, 0.05) is 12.8 Å². The van der Waals surface area contributed by atoms with Crippen molar-refractivity contribution in [3.63, 3.8) is 0 Å². The molecule has 0 aliphatic rings. The zero-order chi connectivity index (χ0) is 41.5. The average Bonchev–Trinajstić information content (AvgIpc) is 3.21. The molecule has 0 aliphatic carbocycles. The molecule has 3 N–H and O–H groups in total. The van der Waals surface area contributed by atoms with Crippen molar-refractivity contribution in [2.75, 3.05) is 13.2 Å². The molecule has 6 nitrogen and oxygen atoms in total. The van der Waals surface area contributed by atoms with Crippen LogP contribution in [0.2, 0.25) is 0 Å². The maximum Gasteiger partial charge on any atom is 0.305 e. The average molecular weight is 800 g/mol. The molecule has 2 atom stereocenters. The van der Waals surface area contributed by atoms with Crippen LogP contribution in [-0.4, -0.2) is 47.4 Å². The van der Waals surface area contributed by atoms with E-state index in [1.165, 1.54) is 122 Å². The van der Waals surface area contributed by atoms with Crippen molar-refractivity contribution in [1.82, 2.24) is 5.32 Å². The number of carbonyl (C=O) groups excluding carboxylic acids is 2. The van der Waals surface area contributed by atoms with E-state index in [1.54, 1.807) is 6.08 Å². The summed E-state index contributed by atoms with van der Waals surface area (Å²) < 4.78 is 5.43. The quantitative estimate of drug-likeness (QED) is 0.0324. The van der Waals surface area contributed by atoms with Crippen LogP contribution in [0.15, 0.2) is 48.6 Å². The molecule has 2 unspecified atom stereocenters. The molecule has 0 fully saturated rings. The van der Waals surface area contributed by atoms with Gasteiger partial charge in [-0.1, -0.05) is 184 Å². The Labute approximate surface area is 353 Å². The molecule has 0 saturated heterocycles. The summed E-state index contributed by atoms with van der Waals surface area (Å²) in [6.07, 6.45) is 56.7. The number of esters is 1. The Morgan fingerprint density at radius 3 is 1.39 bits per heavy atom. The third kappa shape index (κ3) is 43.2. The second-order valence-electron chi connectivity index (χ2n) is 16.4. The van der Waals surface area contributed by atoms with Gasteiger partial charge in [0.1, 0.15) is 0 Å². The van der Waals surface area contributed by atoms with Gasteiger partial charge in [-0.15, -0.1) is 0 Å². The Bertz CT molecular complexity index is 973. The van der Waals surface area contributed by atoms with Gasteiger partial charge in [0.25, 0.3) is 0 Å². The van der Waals surface area contributed by atoms with Gasteiger partial charge >= 0.3 is 5.97 Å². The molecule has 0 aromatic heterocycles. The smallest absolute Gasteiger partial charge is 0.305 e. The van der Waals surface area contributed by atoms with Crippen LogP contribution >= 0.6 is 0 Å². The molecule has 0 rings (SSSR count). The number of nitrogens with one attached hydrogen (secondary N) is 1. The number of rotatable bonds is 44. The molecule has 57 heavy (non-hydrogen) atoms. The predicted octanol–water partition coefficient (Wildman–Crippen LogP) is 14.3. The molecule has 6 heteroatoms. The number of amides is 1. The number of hydrogen-bond donors (Lipinski definition) is 3. The van der Waals surface area contributed by atoms with Crippen molar-refractivity contribution in [3.8, 4) is 0 Å². The molecule has 0 spiro atoms. The highest BCUT2D eigenvalue weighted by Crippen LogP contribution is 2.14.